The van der Waals surface area contributed by atoms with Crippen LogP contribution in [-0.4, -0.2) is 52.6 Å². The molecule has 4 heterocycles. The topological polar surface area (TPSA) is 45.2 Å². The predicted molar refractivity (Wildman–Crippen MR) is 91.9 cm³/mol. The molecular weight excluding hydrogens is 314 g/mol. The van der Waals surface area contributed by atoms with Gasteiger partial charge < -0.3 is 4.90 Å². The molecule has 0 aliphatic carbocycles. The average molecular weight is 331 g/mol. The summed E-state index contributed by atoms with van der Waals surface area (Å²) in [5, 5.41) is 2.09. The number of thiazole rings is 1. The van der Waals surface area contributed by atoms with Crippen molar-refractivity contribution in [2.24, 2.45) is 0 Å². The number of rotatable bonds is 4. The summed E-state index contributed by atoms with van der Waals surface area (Å²) in [6.07, 6.45) is 4.77. The van der Waals surface area contributed by atoms with Crippen LogP contribution in [0, 0.1) is 0 Å². The lowest BCUT2D eigenvalue weighted by molar-refractivity contribution is 0.261. The highest BCUT2D eigenvalue weighted by molar-refractivity contribution is 7.17. The largest absolute Gasteiger partial charge is 0.353 e. The van der Waals surface area contributed by atoms with E-state index in [0.717, 1.165) is 50.5 Å². The maximum atomic E-state index is 4.51. The number of aromatic nitrogens is 3. The molecule has 3 aromatic heterocycles. The quantitative estimate of drug-likeness (QED) is 0.735. The number of nitrogens with zero attached hydrogens (tertiary/aromatic N) is 5. The van der Waals surface area contributed by atoms with E-state index in [0.29, 0.717) is 0 Å². The first-order chi connectivity index (χ1) is 10.9. The van der Waals surface area contributed by atoms with Crippen LogP contribution in [0.4, 0.5) is 5.82 Å². The van der Waals surface area contributed by atoms with Gasteiger partial charge >= 0.3 is 0 Å². The second-order valence-electron chi connectivity index (χ2n) is 5.38. The molecule has 5 nitrogen and oxygen atoms in total. The molecule has 4 rings (SSSR count). The SMILES string of the molecule is c1nc(N2CCN(CCc3cncs3)CC2)c2sccc2n1. The van der Waals surface area contributed by atoms with E-state index in [2.05, 4.69) is 36.2 Å². The van der Waals surface area contributed by atoms with Gasteiger partial charge in [-0.15, -0.1) is 22.7 Å². The standard InChI is InChI=1S/C15H17N5S2/c1(12-9-16-11-22-12)3-19-4-6-20(7-5-19)15-14-13(2-8-21-14)17-10-18-15/h2,8-11H,1,3-7H2. The van der Waals surface area contributed by atoms with Gasteiger partial charge in [0.2, 0.25) is 0 Å². The highest BCUT2D eigenvalue weighted by Crippen LogP contribution is 2.28. The molecule has 1 fully saturated rings. The second-order valence-corrected chi connectivity index (χ2v) is 7.27. The third-order valence-corrected chi connectivity index (χ3v) is 5.79. The Morgan fingerprint density at radius 2 is 2.00 bits per heavy atom. The van der Waals surface area contributed by atoms with Crippen molar-refractivity contribution in [1.82, 2.24) is 19.9 Å². The first kappa shape index (κ1) is 14.0. The maximum absolute atomic E-state index is 4.51. The smallest absolute Gasteiger partial charge is 0.150 e. The van der Waals surface area contributed by atoms with Crippen molar-refractivity contribution in [2.45, 2.75) is 6.42 Å². The fourth-order valence-corrected chi connectivity index (χ4v) is 4.27. The van der Waals surface area contributed by atoms with Crippen molar-refractivity contribution in [1.29, 1.82) is 0 Å². The minimum atomic E-state index is 1.03. The number of anilines is 1. The van der Waals surface area contributed by atoms with Crippen LogP contribution in [0.3, 0.4) is 0 Å². The normalized spacial score (nSPS) is 16.5. The molecule has 3 aromatic rings. The predicted octanol–water partition coefficient (Wildman–Crippen LogP) is 2.51. The number of hydrogen-bond donors (Lipinski definition) is 0. The lowest BCUT2D eigenvalue weighted by Gasteiger charge is -2.35. The van der Waals surface area contributed by atoms with E-state index in [1.54, 1.807) is 29.0 Å². The van der Waals surface area contributed by atoms with Gasteiger partial charge in [0, 0.05) is 43.8 Å². The van der Waals surface area contributed by atoms with Crippen LogP contribution in [0.2, 0.25) is 0 Å². The van der Waals surface area contributed by atoms with Crippen LogP contribution in [0.1, 0.15) is 4.88 Å². The highest BCUT2D eigenvalue weighted by atomic mass is 32.1. The van der Waals surface area contributed by atoms with Gasteiger partial charge in [0.1, 0.15) is 12.1 Å². The Balaban J connectivity index is 1.38. The van der Waals surface area contributed by atoms with Crippen LogP contribution in [0.25, 0.3) is 10.2 Å². The van der Waals surface area contributed by atoms with E-state index < -0.39 is 0 Å². The minimum absolute atomic E-state index is 1.03. The molecule has 0 spiro atoms. The Labute approximate surface area is 137 Å². The van der Waals surface area contributed by atoms with E-state index in [1.807, 2.05) is 11.7 Å². The first-order valence-corrected chi connectivity index (χ1v) is 9.19. The van der Waals surface area contributed by atoms with Gasteiger partial charge in [0.15, 0.2) is 0 Å². The molecule has 0 radical (unpaired) electrons. The summed E-state index contributed by atoms with van der Waals surface area (Å²) in [6.45, 7) is 5.37. The van der Waals surface area contributed by atoms with Crippen molar-refractivity contribution in [3.8, 4) is 0 Å². The van der Waals surface area contributed by atoms with Crippen LogP contribution < -0.4 is 4.90 Å². The molecule has 1 aliphatic rings. The summed E-state index contributed by atoms with van der Waals surface area (Å²) in [4.78, 5) is 19.3. The highest BCUT2D eigenvalue weighted by Gasteiger charge is 2.20. The average Bonchev–Trinajstić information content (AvgIpc) is 3.24. The van der Waals surface area contributed by atoms with Gasteiger partial charge in [0.25, 0.3) is 0 Å². The Kier molecular flexibility index (Phi) is 4.01. The van der Waals surface area contributed by atoms with Crippen molar-refractivity contribution in [3.05, 3.63) is 34.4 Å². The van der Waals surface area contributed by atoms with Crippen molar-refractivity contribution in [2.75, 3.05) is 37.6 Å². The van der Waals surface area contributed by atoms with Gasteiger partial charge in [-0.05, 0) is 17.9 Å². The van der Waals surface area contributed by atoms with E-state index in [4.69, 9.17) is 0 Å². The van der Waals surface area contributed by atoms with Crippen molar-refractivity contribution < 1.29 is 0 Å². The minimum Gasteiger partial charge on any atom is -0.353 e. The summed E-state index contributed by atoms with van der Waals surface area (Å²) in [6, 6.07) is 2.07. The van der Waals surface area contributed by atoms with Gasteiger partial charge in [-0.25, -0.2) is 9.97 Å². The summed E-state index contributed by atoms with van der Waals surface area (Å²) < 4.78 is 1.21. The number of fused-ring (bicyclic) bond motifs is 1. The zero-order valence-corrected chi connectivity index (χ0v) is 13.8. The molecule has 1 saturated heterocycles. The number of hydrogen-bond acceptors (Lipinski definition) is 7. The van der Waals surface area contributed by atoms with Gasteiger partial charge in [-0.1, -0.05) is 0 Å². The fourth-order valence-electron chi connectivity index (χ4n) is 2.82. The number of piperazine rings is 1. The molecule has 0 unspecified atom stereocenters. The third-order valence-electron chi connectivity index (χ3n) is 4.05. The van der Waals surface area contributed by atoms with Crippen LogP contribution in [0.5, 0.6) is 0 Å². The zero-order valence-electron chi connectivity index (χ0n) is 12.2. The molecule has 0 atom stereocenters. The van der Waals surface area contributed by atoms with E-state index in [-0.39, 0.29) is 0 Å². The first-order valence-electron chi connectivity index (χ1n) is 7.43. The Morgan fingerprint density at radius 3 is 2.82 bits per heavy atom. The molecular formula is C15H17N5S2. The Morgan fingerprint density at radius 1 is 1.09 bits per heavy atom. The lowest BCUT2D eigenvalue weighted by atomic mass is 10.2. The molecule has 7 heteroatoms. The lowest BCUT2D eigenvalue weighted by Crippen LogP contribution is -2.47. The zero-order chi connectivity index (χ0) is 14.8. The van der Waals surface area contributed by atoms with Crippen molar-refractivity contribution in [3.63, 3.8) is 0 Å². The summed E-state index contributed by atoms with van der Waals surface area (Å²) in [5.74, 6) is 1.10. The van der Waals surface area contributed by atoms with Gasteiger partial charge in [-0.2, -0.15) is 0 Å². The molecule has 1 aliphatic heterocycles. The van der Waals surface area contributed by atoms with Gasteiger partial charge in [0.05, 0.1) is 15.7 Å². The van der Waals surface area contributed by atoms with E-state index >= 15 is 0 Å². The number of thiophene rings is 1. The molecule has 114 valence electrons. The Bertz CT molecular complexity index is 731. The molecule has 0 N–H and O–H groups in total. The Hall–Kier alpha value is -1.57. The summed E-state index contributed by atoms with van der Waals surface area (Å²) in [7, 11) is 0. The van der Waals surface area contributed by atoms with Crippen molar-refractivity contribution >= 4 is 38.7 Å². The van der Waals surface area contributed by atoms with Crippen LogP contribution in [-0.2, 0) is 6.42 Å². The van der Waals surface area contributed by atoms with E-state index in [9.17, 15) is 0 Å². The van der Waals surface area contributed by atoms with Gasteiger partial charge in [-0.3, -0.25) is 9.88 Å². The van der Waals surface area contributed by atoms with Crippen LogP contribution in [0.15, 0.2) is 29.5 Å². The maximum Gasteiger partial charge on any atom is 0.150 e. The summed E-state index contributed by atoms with van der Waals surface area (Å²) >= 11 is 3.48. The monoisotopic (exact) mass is 331 g/mol. The molecule has 0 bridgehead atoms. The molecule has 0 amide bonds. The second kappa shape index (κ2) is 6.28. The fraction of sp³-hybridized carbons (Fsp3) is 0.400. The third kappa shape index (κ3) is 2.84. The molecule has 0 saturated carbocycles. The molecule has 22 heavy (non-hydrogen) atoms. The molecule has 0 aromatic carbocycles. The van der Waals surface area contributed by atoms with Crippen LogP contribution >= 0.6 is 22.7 Å². The summed E-state index contributed by atoms with van der Waals surface area (Å²) in [5.41, 5.74) is 2.97. The van der Waals surface area contributed by atoms with E-state index in [1.165, 1.54) is 9.58 Å².